The molecule has 1 aliphatic rings. The highest BCUT2D eigenvalue weighted by molar-refractivity contribution is 7.99. The van der Waals surface area contributed by atoms with E-state index in [0.717, 1.165) is 52.9 Å². The number of hydrogen-bond donors (Lipinski definition) is 3. The van der Waals surface area contributed by atoms with Crippen LogP contribution in [-0.2, 0) is 5.41 Å². The maximum absolute atomic E-state index is 11.6. The Morgan fingerprint density at radius 2 is 2.04 bits per heavy atom. The Hall–Kier alpha value is -1.19. The van der Waals surface area contributed by atoms with Crippen molar-refractivity contribution >= 4 is 45.8 Å². The van der Waals surface area contributed by atoms with Gasteiger partial charge in [0.25, 0.3) is 5.11 Å². The first kappa shape index (κ1) is 21.5. The molecular weight excluding hydrogens is 390 g/mol. The van der Waals surface area contributed by atoms with Crippen LogP contribution in [0.1, 0.15) is 39.9 Å². The van der Waals surface area contributed by atoms with Crippen LogP contribution in [-0.4, -0.2) is 58.5 Å². The number of benzene rings is 1. The second-order valence-corrected chi connectivity index (χ2v) is 10.4. The molecule has 1 aliphatic heterocycles. The van der Waals surface area contributed by atoms with Crippen molar-refractivity contribution in [2.45, 2.75) is 44.4 Å². The van der Waals surface area contributed by atoms with Gasteiger partial charge >= 0.3 is 0 Å². The molecule has 1 saturated heterocycles. The number of hydrogen-bond acceptors (Lipinski definition) is 4. The molecule has 0 spiro atoms. The number of anilines is 1. The van der Waals surface area contributed by atoms with Crippen molar-refractivity contribution < 1.29 is 9.55 Å². The number of H-pyrrole nitrogens is 1. The molecule has 0 saturated carbocycles. The van der Waals surface area contributed by atoms with E-state index in [1.54, 1.807) is 0 Å². The summed E-state index contributed by atoms with van der Waals surface area (Å²) in [5.74, 6) is 2.03. The highest BCUT2D eigenvalue weighted by Gasteiger charge is 2.34. The number of nitrogens with one attached hydrogen (secondary N) is 3. The minimum Gasteiger partial charge on any atom is -0.634 e. The molecule has 0 bridgehead atoms. The predicted octanol–water partition coefficient (Wildman–Crippen LogP) is 2.90. The molecule has 154 valence electrons. The molecule has 1 fully saturated rings. The first-order valence-electron chi connectivity index (χ1n) is 9.97. The molecular formula is C20H32N5OS2+. The number of rotatable bonds is 4. The van der Waals surface area contributed by atoms with Gasteiger partial charge in [0.2, 0.25) is 0 Å². The fourth-order valence-corrected chi connectivity index (χ4v) is 4.43. The van der Waals surface area contributed by atoms with Crippen molar-refractivity contribution in [1.82, 2.24) is 9.97 Å². The molecule has 28 heavy (non-hydrogen) atoms. The maximum Gasteiger partial charge on any atom is 0.274 e. The lowest BCUT2D eigenvalue weighted by Gasteiger charge is -2.40. The zero-order valence-corrected chi connectivity index (χ0v) is 19.1. The average molecular weight is 423 g/mol. The number of nitrogens with zero attached hydrogens (tertiary/aromatic N) is 2. The number of aromatic nitrogens is 2. The summed E-state index contributed by atoms with van der Waals surface area (Å²) >= 11 is 7.61. The van der Waals surface area contributed by atoms with Gasteiger partial charge in [0.1, 0.15) is 32.0 Å². The number of likely N-dealkylation sites (N-methyl/N-ethyl adjacent to an activating group) is 1. The van der Waals surface area contributed by atoms with Crippen LogP contribution < -0.4 is 10.4 Å². The quantitative estimate of drug-likeness (QED) is 0.306. The predicted molar refractivity (Wildman–Crippen MR) is 122 cm³/mol. The van der Waals surface area contributed by atoms with Crippen molar-refractivity contribution in [3.8, 4) is 0 Å². The Morgan fingerprint density at radius 1 is 1.36 bits per heavy atom. The number of thiocarbonyl (C=S) groups is 1. The van der Waals surface area contributed by atoms with E-state index >= 15 is 0 Å². The van der Waals surface area contributed by atoms with Crippen LogP contribution in [0, 0.1) is 5.21 Å². The number of fused-ring (bicyclic) bond motifs is 1. The molecule has 6 nitrogen and oxygen atoms in total. The summed E-state index contributed by atoms with van der Waals surface area (Å²) in [5, 5.41) is 16.3. The molecule has 0 amide bonds. The monoisotopic (exact) mass is 422 g/mol. The summed E-state index contributed by atoms with van der Waals surface area (Å²) < 4.78 is 0.618. The third-order valence-electron chi connectivity index (χ3n) is 5.26. The molecule has 2 aromatic rings. The normalized spacial score (nSPS) is 23.1. The highest BCUT2D eigenvalue weighted by Crippen LogP contribution is 2.33. The van der Waals surface area contributed by atoms with Gasteiger partial charge in [-0.05, 0) is 24.3 Å². The van der Waals surface area contributed by atoms with E-state index in [0.29, 0.717) is 22.6 Å². The average Bonchev–Trinajstić information content (AvgIpc) is 3.05. The number of piperazine rings is 1. The molecule has 3 rings (SSSR count). The van der Waals surface area contributed by atoms with Gasteiger partial charge in [0.05, 0.1) is 23.8 Å². The van der Waals surface area contributed by atoms with Gasteiger partial charge in [-0.15, -0.1) is 11.8 Å². The minimum atomic E-state index is -0.0301. The summed E-state index contributed by atoms with van der Waals surface area (Å²) in [7, 11) is 2.12. The van der Waals surface area contributed by atoms with Crippen molar-refractivity contribution in [3.05, 3.63) is 23.2 Å². The van der Waals surface area contributed by atoms with Crippen molar-refractivity contribution in [3.63, 3.8) is 0 Å². The van der Waals surface area contributed by atoms with E-state index in [2.05, 4.69) is 57.2 Å². The van der Waals surface area contributed by atoms with Gasteiger partial charge in [0.15, 0.2) is 0 Å². The van der Waals surface area contributed by atoms with Gasteiger partial charge in [-0.3, -0.25) is 4.48 Å². The van der Waals surface area contributed by atoms with E-state index < -0.39 is 0 Å². The van der Waals surface area contributed by atoms with E-state index in [1.165, 1.54) is 4.90 Å². The zero-order chi connectivity index (χ0) is 20.5. The largest absolute Gasteiger partial charge is 0.634 e. The third-order valence-corrected chi connectivity index (χ3v) is 7.06. The van der Waals surface area contributed by atoms with Crippen LogP contribution in [0.15, 0.2) is 17.0 Å². The Morgan fingerprint density at radius 3 is 2.64 bits per heavy atom. The van der Waals surface area contributed by atoms with Gasteiger partial charge in [-0.25, -0.2) is 4.98 Å². The first-order valence-corrected chi connectivity index (χ1v) is 11.4. The van der Waals surface area contributed by atoms with Crippen LogP contribution in [0.3, 0.4) is 0 Å². The van der Waals surface area contributed by atoms with Crippen molar-refractivity contribution in [2.24, 2.45) is 0 Å². The van der Waals surface area contributed by atoms with E-state index in [-0.39, 0.29) is 5.41 Å². The summed E-state index contributed by atoms with van der Waals surface area (Å²) in [6.45, 7) is 11.4. The Kier molecular flexibility index (Phi) is 6.36. The number of thioether (sulfide) groups is 1. The number of hydroxylamine groups is 2. The van der Waals surface area contributed by atoms with E-state index in [1.807, 2.05) is 11.8 Å². The minimum absolute atomic E-state index is 0.0301. The lowest BCUT2D eigenvalue weighted by Crippen LogP contribution is -3.11. The maximum atomic E-state index is 11.6. The number of quaternary nitrogens is 2. The molecule has 1 aromatic heterocycles. The SMILES string of the molecule is CCCSc1cc2nc(C(C)(C)C)[nH]c2cc1NC(=S)[N+]1(C)CC[NH+]([O-])CC1. The molecule has 0 aliphatic carbocycles. The summed E-state index contributed by atoms with van der Waals surface area (Å²) in [4.78, 5) is 9.46. The smallest absolute Gasteiger partial charge is 0.274 e. The van der Waals surface area contributed by atoms with Crippen LogP contribution >= 0.6 is 24.0 Å². The topological polar surface area (TPSA) is 68.2 Å². The molecule has 3 N–H and O–H groups in total. The standard InChI is InChI=1S/C20H31N5OS2/c1-6-11-28-17-13-15-14(21-18(22-15)20(2,3)4)12-16(17)23-19(27)25(5)9-7-24(26)8-10-25/h12-13,24H,6-11H2,1-5H3,(H-,21,22,23,27)/p+1. The number of imidazole rings is 1. The van der Waals surface area contributed by atoms with Crippen LogP contribution in [0.2, 0.25) is 0 Å². The zero-order valence-electron chi connectivity index (χ0n) is 17.5. The van der Waals surface area contributed by atoms with Gasteiger partial charge in [0, 0.05) is 22.5 Å². The van der Waals surface area contributed by atoms with E-state index in [9.17, 15) is 5.21 Å². The van der Waals surface area contributed by atoms with Crippen molar-refractivity contribution in [1.29, 1.82) is 0 Å². The summed E-state index contributed by atoms with van der Waals surface area (Å²) in [6.07, 6.45) is 1.11. The Bertz CT molecular complexity index is 850. The molecule has 0 atom stereocenters. The lowest BCUT2D eigenvalue weighted by molar-refractivity contribution is -0.950. The Balaban J connectivity index is 1.92. The Labute approximate surface area is 177 Å². The van der Waals surface area contributed by atoms with Crippen LogP contribution in [0.25, 0.3) is 11.0 Å². The number of aromatic amines is 1. The van der Waals surface area contributed by atoms with Gasteiger partial charge in [-0.2, -0.15) is 0 Å². The fourth-order valence-electron chi connectivity index (χ4n) is 3.25. The second-order valence-electron chi connectivity index (χ2n) is 8.86. The molecule has 0 unspecified atom stereocenters. The first-order chi connectivity index (χ1) is 13.1. The van der Waals surface area contributed by atoms with Crippen LogP contribution in [0.4, 0.5) is 5.69 Å². The van der Waals surface area contributed by atoms with Crippen LogP contribution in [0.5, 0.6) is 0 Å². The van der Waals surface area contributed by atoms with Gasteiger partial charge in [-0.1, -0.05) is 27.7 Å². The molecule has 1 aromatic carbocycles. The molecule has 0 radical (unpaired) electrons. The van der Waals surface area contributed by atoms with E-state index in [4.69, 9.17) is 17.2 Å². The summed E-state index contributed by atoms with van der Waals surface area (Å²) in [6, 6.07) is 4.29. The highest BCUT2D eigenvalue weighted by atomic mass is 32.2. The third kappa shape index (κ3) is 4.68. The molecule has 2 heterocycles. The molecule has 8 heteroatoms. The van der Waals surface area contributed by atoms with Crippen molar-refractivity contribution in [2.75, 3.05) is 44.3 Å². The second kappa shape index (κ2) is 8.28. The summed E-state index contributed by atoms with van der Waals surface area (Å²) in [5.41, 5.74) is 3.00. The fraction of sp³-hybridized carbons (Fsp3) is 0.600. The van der Waals surface area contributed by atoms with Gasteiger partial charge < -0.3 is 20.6 Å². The lowest BCUT2D eigenvalue weighted by atomic mass is 9.96.